The maximum absolute atomic E-state index is 12.5. The van der Waals surface area contributed by atoms with E-state index in [1.807, 2.05) is 0 Å². The van der Waals surface area contributed by atoms with E-state index >= 15 is 0 Å². The Bertz CT molecular complexity index is 1070. The fraction of sp³-hybridized carbons (Fsp3) is 0.659. The molecule has 0 aromatic rings. The van der Waals surface area contributed by atoms with Gasteiger partial charge in [-0.1, -0.05) is 119 Å². The minimum absolute atomic E-state index is 0.0391. The van der Waals surface area contributed by atoms with Crippen molar-refractivity contribution in [1.82, 2.24) is 0 Å². The minimum Gasteiger partial charge on any atom is -0.462 e. The molecule has 0 heterocycles. The Morgan fingerprint density at radius 3 is 1.61 bits per heavy atom. The summed E-state index contributed by atoms with van der Waals surface area (Å²) in [5.74, 6) is -0.924. The van der Waals surface area contributed by atoms with Crippen LogP contribution in [0.3, 0.4) is 0 Å². The van der Waals surface area contributed by atoms with Crippen molar-refractivity contribution in [1.29, 1.82) is 0 Å². The molecule has 0 rings (SSSR count). The first-order valence-corrected chi connectivity index (χ1v) is 20.9. The number of nitrogens with two attached hydrogens (primary N) is 1. The van der Waals surface area contributed by atoms with Gasteiger partial charge in [-0.3, -0.25) is 18.6 Å². The van der Waals surface area contributed by atoms with Crippen LogP contribution >= 0.6 is 7.82 Å². The van der Waals surface area contributed by atoms with E-state index in [9.17, 15) is 19.0 Å². The number of ether oxygens (including phenoxy) is 2. The zero-order valence-electron chi connectivity index (χ0n) is 31.8. The van der Waals surface area contributed by atoms with Crippen LogP contribution in [0.25, 0.3) is 0 Å². The Morgan fingerprint density at radius 1 is 0.608 bits per heavy atom. The fourth-order valence-electron chi connectivity index (χ4n) is 4.71. The van der Waals surface area contributed by atoms with Crippen LogP contribution in [-0.2, 0) is 32.7 Å². The van der Waals surface area contributed by atoms with Gasteiger partial charge in [0.25, 0.3) is 0 Å². The van der Waals surface area contributed by atoms with E-state index in [0.29, 0.717) is 12.8 Å². The summed E-state index contributed by atoms with van der Waals surface area (Å²) < 4.78 is 32.6. The quantitative estimate of drug-likeness (QED) is 0.0282. The second-order valence-electron chi connectivity index (χ2n) is 12.4. The summed E-state index contributed by atoms with van der Waals surface area (Å²) >= 11 is 0. The number of carbonyl (C=O) groups is 2. The van der Waals surface area contributed by atoms with Gasteiger partial charge < -0.3 is 20.1 Å². The van der Waals surface area contributed by atoms with E-state index in [4.69, 9.17) is 24.3 Å². The van der Waals surface area contributed by atoms with E-state index in [0.717, 1.165) is 64.2 Å². The normalized spacial score (nSPS) is 14.2. The second-order valence-corrected chi connectivity index (χ2v) is 13.9. The number of phosphoric ester groups is 1. The van der Waals surface area contributed by atoms with Gasteiger partial charge in [-0.2, -0.15) is 0 Å². The molecular weight excluding hydrogens is 665 g/mol. The highest BCUT2D eigenvalue weighted by Gasteiger charge is 2.25. The zero-order chi connectivity index (χ0) is 37.5. The van der Waals surface area contributed by atoms with Crippen molar-refractivity contribution in [2.75, 3.05) is 26.4 Å². The number of hydrogen-bond donors (Lipinski definition) is 2. The third kappa shape index (κ3) is 37.0. The molecule has 0 radical (unpaired) electrons. The first-order valence-electron chi connectivity index (χ1n) is 19.4. The van der Waals surface area contributed by atoms with Crippen LogP contribution in [0.1, 0.15) is 142 Å². The third-order valence-electron chi connectivity index (χ3n) is 7.58. The Balaban J connectivity index is 4.36. The molecule has 0 spiro atoms. The first kappa shape index (κ1) is 48.5. The van der Waals surface area contributed by atoms with Crippen molar-refractivity contribution >= 4 is 19.8 Å². The van der Waals surface area contributed by atoms with Crippen LogP contribution in [0.5, 0.6) is 0 Å². The molecule has 0 amide bonds. The highest BCUT2D eigenvalue weighted by molar-refractivity contribution is 7.47. The zero-order valence-corrected chi connectivity index (χ0v) is 32.7. The number of carbonyl (C=O) groups excluding carboxylic acids is 2. The summed E-state index contributed by atoms with van der Waals surface area (Å²) in [7, 11) is -4.39. The predicted molar refractivity (Wildman–Crippen MR) is 210 cm³/mol. The maximum Gasteiger partial charge on any atom is 0.472 e. The number of rotatable bonds is 35. The Kier molecular flexibility index (Phi) is 35.4. The van der Waals surface area contributed by atoms with Gasteiger partial charge in [-0.15, -0.1) is 0 Å². The van der Waals surface area contributed by atoms with Gasteiger partial charge in [0.2, 0.25) is 0 Å². The lowest BCUT2D eigenvalue weighted by Gasteiger charge is -2.19. The molecule has 0 aliphatic rings. The molecule has 51 heavy (non-hydrogen) atoms. The SMILES string of the molecule is CC/C=C/C/C=C/C/C=C/C/C=C/CCCCC(=O)OC[C@H](COP(=O)(O)OCCN)OC(=O)CCCC/C=C/C/C=C/CCCCCCCC. The average molecular weight is 736 g/mol. The smallest absolute Gasteiger partial charge is 0.462 e. The van der Waals surface area contributed by atoms with Crippen molar-refractivity contribution in [2.45, 2.75) is 148 Å². The monoisotopic (exact) mass is 735 g/mol. The van der Waals surface area contributed by atoms with Crippen molar-refractivity contribution in [2.24, 2.45) is 5.73 Å². The second kappa shape index (κ2) is 37.2. The molecule has 0 saturated carbocycles. The fourth-order valence-corrected chi connectivity index (χ4v) is 5.48. The summed E-state index contributed by atoms with van der Waals surface area (Å²) in [5, 5.41) is 0. The number of phosphoric acid groups is 1. The largest absolute Gasteiger partial charge is 0.472 e. The molecule has 0 saturated heterocycles. The molecule has 10 heteroatoms. The standard InChI is InChI=1S/C41H70NO8P/c1-3-5-7-9-11-13-15-17-19-21-23-25-27-29-31-33-40(43)47-37-39(38-49-51(45,46)48-36-35-42)50-41(44)34-32-30-28-26-24-22-20-18-16-14-12-10-8-6-4-2/h5,7,11,13,17-20,23-26,39H,3-4,6,8-10,12,14-16,21-22,27-38,42H2,1-2H3,(H,45,46)/b7-5+,13-11+,19-17+,20-18+,25-23+,26-24+/t39-/m1/s1. The third-order valence-corrected chi connectivity index (χ3v) is 8.56. The molecule has 0 aromatic heterocycles. The van der Waals surface area contributed by atoms with Gasteiger partial charge in [0.1, 0.15) is 6.61 Å². The highest BCUT2D eigenvalue weighted by Crippen LogP contribution is 2.43. The number of hydrogen-bond acceptors (Lipinski definition) is 8. The van der Waals surface area contributed by atoms with E-state index in [-0.39, 0.29) is 32.6 Å². The van der Waals surface area contributed by atoms with Gasteiger partial charge in [0.05, 0.1) is 13.2 Å². The van der Waals surface area contributed by atoms with Crippen LogP contribution in [0.2, 0.25) is 0 Å². The Labute approximate surface area is 310 Å². The van der Waals surface area contributed by atoms with E-state index in [1.165, 1.54) is 38.5 Å². The molecule has 2 atom stereocenters. The lowest BCUT2D eigenvalue weighted by Crippen LogP contribution is -2.29. The molecule has 3 N–H and O–H groups in total. The van der Waals surface area contributed by atoms with Crippen molar-refractivity contribution in [3.8, 4) is 0 Å². The molecule has 0 fully saturated rings. The summed E-state index contributed by atoms with van der Waals surface area (Å²) in [4.78, 5) is 34.7. The van der Waals surface area contributed by atoms with Crippen molar-refractivity contribution in [3.63, 3.8) is 0 Å². The van der Waals surface area contributed by atoms with Gasteiger partial charge in [0, 0.05) is 19.4 Å². The van der Waals surface area contributed by atoms with Gasteiger partial charge in [0.15, 0.2) is 6.10 Å². The van der Waals surface area contributed by atoms with Gasteiger partial charge >= 0.3 is 19.8 Å². The van der Waals surface area contributed by atoms with Crippen LogP contribution in [0.15, 0.2) is 72.9 Å². The summed E-state index contributed by atoms with van der Waals surface area (Å²) in [6.07, 6.45) is 43.7. The van der Waals surface area contributed by atoms with Crippen LogP contribution in [-0.4, -0.2) is 49.3 Å². The van der Waals surface area contributed by atoms with Crippen LogP contribution in [0.4, 0.5) is 0 Å². The van der Waals surface area contributed by atoms with Crippen LogP contribution in [0, 0.1) is 0 Å². The molecule has 0 aromatic carbocycles. The number of esters is 2. The summed E-state index contributed by atoms with van der Waals surface area (Å²) in [6.45, 7) is 3.49. The number of allylic oxidation sites excluding steroid dienone is 12. The van der Waals surface area contributed by atoms with Crippen molar-refractivity contribution < 1.29 is 37.6 Å². The van der Waals surface area contributed by atoms with E-state index < -0.39 is 32.5 Å². The van der Waals surface area contributed by atoms with Crippen LogP contribution < -0.4 is 5.73 Å². The molecule has 292 valence electrons. The predicted octanol–water partition coefficient (Wildman–Crippen LogP) is 10.7. The lowest BCUT2D eigenvalue weighted by atomic mass is 10.1. The van der Waals surface area contributed by atoms with Crippen molar-refractivity contribution in [3.05, 3.63) is 72.9 Å². The van der Waals surface area contributed by atoms with Gasteiger partial charge in [-0.05, 0) is 83.5 Å². The molecule has 0 bridgehead atoms. The minimum atomic E-state index is -4.39. The van der Waals surface area contributed by atoms with E-state index in [2.05, 4.69) is 86.8 Å². The Hall–Kier alpha value is -2.55. The summed E-state index contributed by atoms with van der Waals surface area (Å²) in [5.41, 5.74) is 5.33. The van der Waals surface area contributed by atoms with E-state index in [1.54, 1.807) is 0 Å². The Morgan fingerprint density at radius 2 is 1.08 bits per heavy atom. The number of unbranched alkanes of at least 4 members (excludes halogenated alkanes) is 10. The first-order chi connectivity index (χ1) is 24.8. The summed E-state index contributed by atoms with van der Waals surface area (Å²) in [6, 6.07) is 0. The molecule has 0 aliphatic heterocycles. The highest BCUT2D eigenvalue weighted by atomic mass is 31.2. The molecule has 9 nitrogen and oxygen atoms in total. The van der Waals surface area contributed by atoms with Gasteiger partial charge in [-0.25, -0.2) is 4.57 Å². The topological polar surface area (TPSA) is 134 Å². The lowest BCUT2D eigenvalue weighted by molar-refractivity contribution is -0.161. The molecular formula is C41H70NO8P. The molecule has 1 unspecified atom stereocenters. The maximum atomic E-state index is 12.5. The molecule has 0 aliphatic carbocycles. The average Bonchev–Trinajstić information content (AvgIpc) is 3.11.